The van der Waals surface area contributed by atoms with E-state index in [1.807, 2.05) is 6.07 Å². The highest BCUT2D eigenvalue weighted by molar-refractivity contribution is 5.68. The SMILES string of the molecule is COc1ccc(N(CC#N)CCC(=O)O)cc1OC. The topological polar surface area (TPSA) is 82.8 Å². The van der Waals surface area contributed by atoms with Gasteiger partial charge in [-0.1, -0.05) is 0 Å². The molecule has 0 unspecified atom stereocenters. The summed E-state index contributed by atoms with van der Waals surface area (Å²) in [5, 5.41) is 17.5. The van der Waals surface area contributed by atoms with Crippen molar-refractivity contribution in [2.75, 3.05) is 32.2 Å². The lowest BCUT2D eigenvalue weighted by molar-refractivity contribution is -0.136. The quantitative estimate of drug-likeness (QED) is 0.751. The molecule has 19 heavy (non-hydrogen) atoms. The van der Waals surface area contributed by atoms with Gasteiger partial charge in [-0.25, -0.2) is 0 Å². The molecule has 0 heterocycles. The molecule has 1 rings (SSSR count). The van der Waals surface area contributed by atoms with Gasteiger partial charge in [0.15, 0.2) is 11.5 Å². The minimum atomic E-state index is -0.900. The highest BCUT2D eigenvalue weighted by Gasteiger charge is 2.11. The van der Waals surface area contributed by atoms with Crippen LogP contribution in [0.5, 0.6) is 11.5 Å². The second kappa shape index (κ2) is 7.11. The van der Waals surface area contributed by atoms with Gasteiger partial charge in [-0.15, -0.1) is 0 Å². The number of carboxylic acids is 1. The van der Waals surface area contributed by atoms with E-state index in [2.05, 4.69) is 0 Å². The maximum Gasteiger partial charge on any atom is 0.305 e. The van der Waals surface area contributed by atoms with Gasteiger partial charge in [0.05, 0.1) is 26.7 Å². The van der Waals surface area contributed by atoms with Crippen LogP contribution in [0.25, 0.3) is 0 Å². The van der Waals surface area contributed by atoms with Gasteiger partial charge in [-0.3, -0.25) is 4.79 Å². The molecule has 1 aromatic rings. The highest BCUT2D eigenvalue weighted by Crippen LogP contribution is 2.31. The Kier molecular flexibility index (Phi) is 5.48. The molecule has 0 spiro atoms. The van der Waals surface area contributed by atoms with E-state index in [0.717, 1.165) is 5.69 Å². The number of nitriles is 1. The summed E-state index contributed by atoms with van der Waals surface area (Å²) in [6.07, 6.45) is -0.0317. The lowest BCUT2D eigenvalue weighted by Gasteiger charge is -2.22. The first-order valence-corrected chi connectivity index (χ1v) is 5.68. The van der Waals surface area contributed by atoms with Gasteiger partial charge in [0.2, 0.25) is 0 Å². The summed E-state index contributed by atoms with van der Waals surface area (Å²) in [5.74, 6) is 0.225. The number of rotatable bonds is 7. The predicted molar refractivity (Wildman–Crippen MR) is 69.6 cm³/mol. The summed E-state index contributed by atoms with van der Waals surface area (Å²) in [6, 6.07) is 7.22. The van der Waals surface area contributed by atoms with Crippen molar-refractivity contribution in [1.29, 1.82) is 5.26 Å². The zero-order valence-corrected chi connectivity index (χ0v) is 10.9. The van der Waals surface area contributed by atoms with Crippen LogP contribution >= 0.6 is 0 Å². The average molecular weight is 264 g/mol. The van der Waals surface area contributed by atoms with Crippen molar-refractivity contribution in [3.63, 3.8) is 0 Å². The number of hydrogen-bond donors (Lipinski definition) is 1. The molecule has 6 nitrogen and oxygen atoms in total. The van der Waals surface area contributed by atoms with Crippen molar-refractivity contribution in [1.82, 2.24) is 0 Å². The Bertz CT molecular complexity index is 482. The number of carboxylic acid groups (broad SMARTS) is 1. The number of methoxy groups -OCH3 is 2. The smallest absolute Gasteiger partial charge is 0.305 e. The van der Waals surface area contributed by atoms with Crippen LogP contribution < -0.4 is 14.4 Å². The van der Waals surface area contributed by atoms with Crippen LogP contribution in [-0.4, -0.2) is 38.4 Å². The van der Waals surface area contributed by atoms with E-state index in [0.29, 0.717) is 11.5 Å². The zero-order chi connectivity index (χ0) is 14.3. The number of carbonyl (C=O) groups is 1. The van der Waals surface area contributed by atoms with E-state index in [4.69, 9.17) is 19.8 Å². The minimum Gasteiger partial charge on any atom is -0.493 e. The molecule has 0 bridgehead atoms. The van der Waals surface area contributed by atoms with E-state index in [1.165, 1.54) is 14.2 Å². The summed E-state index contributed by atoms with van der Waals surface area (Å²) in [6.45, 7) is 0.376. The lowest BCUT2D eigenvalue weighted by atomic mass is 10.2. The van der Waals surface area contributed by atoms with E-state index in [1.54, 1.807) is 23.1 Å². The molecular weight excluding hydrogens is 248 g/mol. The molecule has 0 amide bonds. The number of aliphatic carboxylic acids is 1. The van der Waals surface area contributed by atoms with Gasteiger partial charge in [-0.05, 0) is 12.1 Å². The molecule has 0 radical (unpaired) electrons. The molecule has 0 aliphatic carbocycles. The van der Waals surface area contributed by atoms with Crippen LogP contribution in [-0.2, 0) is 4.79 Å². The fourth-order valence-electron chi connectivity index (χ4n) is 1.64. The minimum absolute atomic E-state index is 0.0317. The van der Waals surface area contributed by atoms with Crippen LogP contribution in [0.4, 0.5) is 5.69 Å². The Labute approximate surface area is 111 Å². The van der Waals surface area contributed by atoms with E-state index < -0.39 is 5.97 Å². The first kappa shape index (κ1) is 14.6. The maximum absolute atomic E-state index is 10.6. The molecule has 0 aliphatic rings. The molecule has 1 aromatic carbocycles. The molecule has 0 saturated carbocycles. The Morgan fingerprint density at radius 1 is 1.37 bits per heavy atom. The van der Waals surface area contributed by atoms with Gasteiger partial charge >= 0.3 is 5.97 Å². The average Bonchev–Trinajstić information content (AvgIpc) is 2.42. The Morgan fingerprint density at radius 3 is 2.58 bits per heavy atom. The maximum atomic E-state index is 10.6. The van der Waals surface area contributed by atoms with E-state index >= 15 is 0 Å². The number of ether oxygens (including phenoxy) is 2. The van der Waals surface area contributed by atoms with E-state index in [-0.39, 0.29) is 19.5 Å². The first-order chi connectivity index (χ1) is 9.12. The van der Waals surface area contributed by atoms with Gasteiger partial charge in [0, 0.05) is 18.3 Å². The standard InChI is InChI=1S/C13H16N2O4/c1-18-11-4-3-10(9-12(11)19-2)15(8-6-14)7-5-13(16)17/h3-4,9H,5,7-8H2,1-2H3,(H,16,17). The Morgan fingerprint density at radius 2 is 2.05 bits per heavy atom. The number of hydrogen-bond acceptors (Lipinski definition) is 5. The molecule has 0 aliphatic heterocycles. The first-order valence-electron chi connectivity index (χ1n) is 5.68. The Balaban J connectivity index is 2.95. The third kappa shape index (κ3) is 4.07. The van der Waals surface area contributed by atoms with Crippen molar-refractivity contribution >= 4 is 11.7 Å². The van der Waals surface area contributed by atoms with Crippen LogP contribution in [0.3, 0.4) is 0 Å². The summed E-state index contributed by atoms with van der Waals surface area (Å²) in [7, 11) is 3.06. The third-order valence-corrected chi connectivity index (χ3v) is 2.59. The zero-order valence-electron chi connectivity index (χ0n) is 10.9. The monoisotopic (exact) mass is 264 g/mol. The molecule has 6 heteroatoms. The summed E-state index contributed by atoms with van der Waals surface area (Å²) in [4.78, 5) is 12.3. The molecule has 0 aromatic heterocycles. The van der Waals surface area contributed by atoms with Crippen LogP contribution in [0.2, 0.25) is 0 Å². The summed E-state index contributed by atoms with van der Waals surface area (Å²) in [5.41, 5.74) is 0.723. The van der Waals surface area contributed by atoms with Crippen LogP contribution in [0.1, 0.15) is 6.42 Å². The van der Waals surface area contributed by atoms with Crippen molar-refractivity contribution in [3.05, 3.63) is 18.2 Å². The normalized spacial score (nSPS) is 9.53. The third-order valence-electron chi connectivity index (χ3n) is 2.59. The summed E-state index contributed by atoms with van der Waals surface area (Å²) < 4.78 is 10.3. The van der Waals surface area contributed by atoms with Crippen LogP contribution in [0.15, 0.2) is 18.2 Å². The highest BCUT2D eigenvalue weighted by atomic mass is 16.5. The van der Waals surface area contributed by atoms with Gasteiger partial charge < -0.3 is 19.5 Å². The predicted octanol–water partition coefficient (Wildman–Crippen LogP) is 1.51. The molecule has 0 saturated heterocycles. The van der Waals surface area contributed by atoms with Gasteiger partial charge in [0.25, 0.3) is 0 Å². The largest absolute Gasteiger partial charge is 0.493 e. The lowest BCUT2D eigenvalue weighted by Crippen LogP contribution is -2.26. The molecule has 102 valence electrons. The second-order valence-electron chi connectivity index (χ2n) is 3.76. The fraction of sp³-hybridized carbons (Fsp3) is 0.385. The van der Waals surface area contributed by atoms with Gasteiger partial charge in [0.1, 0.15) is 6.54 Å². The molecule has 0 fully saturated rings. The van der Waals surface area contributed by atoms with Crippen molar-refractivity contribution in [3.8, 4) is 17.6 Å². The molecular formula is C13H16N2O4. The van der Waals surface area contributed by atoms with Crippen molar-refractivity contribution in [2.45, 2.75) is 6.42 Å². The fourth-order valence-corrected chi connectivity index (χ4v) is 1.64. The molecule has 1 N–H and O–H groups in total. The second-order valence-corrected chi connectivity index (χ2v) is 3.76. The van der Waals surface area contributed by atoms with E-state index in [9.17, 15) is 4.79 Å². The van der Waals surface area contributed by atoms with Crippen molar-refractivity contribution in [2.24, 2.45) is 0 Å². The number of anilines is 1. The van der Waals surface area contributed by atoms with Gasteiger partial charge in [-0.2, -0.15) is 5.26 Å². The summed E-state index contributed by atoms with van der Waals surface area (Å²) >= 11 is 0. The van der Waals surface area contributed by atoms with Crippen LogP contribution in [0, 0.1) is 11.3 Å². The number of nitrogens with zero attached hydrogens (tertiary/aromatic N) is 2. The molecule has 0 atom stereocenters. The van der Waals surface area contributed by atoms with Crippen molar-refractivity contribution < 1.29 is 19.4 Å². The Hall–Kier alpha value is -2.42. The number of benzene rings is 1.